The molecule has 2 fully saturated rings. The van der Waals surface area contributed by atoms with E-state index >= 15 is 0 Å². The van der Waals surface area contributed by atoms with Gasteiger partial charge in [0.2, 0.25) is 0 Å². The number of piperazine rings is 1. The van der Waals surface area contributed by atoms with E-state index in [2.05, 4.69) is 28.6 Å². The summed E-state index contributed by atoms with van der Waals surface area (Å²) in [5, 5.41) is 0.601. The van der Waals surface area contributed by atoms with Crippen LogP contribution in [-0.4, -0.2) is 47.6 Å². The lowest BCUT2D eigenvalue weighted by molar-refractivity contribution is 0.247. The number of anilines is 1. The lowest BCUT2D eigenvalue weighted by atomic mass is 10.2. The molecule has 0 N–H and O–H groups in total. The number of hydrogen-bond donors (Lipinski definition) is 0. The molecule has 0 atom stereocenters. The summed E-state index contributed by atoms with van der Waals surface area (Å²) in [5.41, 5.74) is 1.01. The molecule has 1 saturated heterocycles. The van der Waals surface area contributed by atoms with Gasteiger partial charge in [-0.05, 0) is 25.7 Å². The van der Waals surface area contributed by atoms with Crippen molar-refractivity contribution in [3.05, 3.63) is 16.5 Å². The average Bonchev–Trinajstić information content (AvgIpc) is 3.26. The monoisotopic (exact) mass is 308 g/mol. The maximum Gasteiger partial charge on any atom is 0.137 e. The van der Waals surface area contributed by atoms with Gasteiger partial charge in [0.15, 0.2) is 0 Å². The van der Waals surface area contributed by atoms with Crippen LogP contribution in [0.1, 0.15) is 44.0 Å². The zero-order valence-corrected chi connectivity index (χ0v) is 14.0. The van der Waals surface area contributed by atoms with Crippen LogP contribution < -0.4 is 4.90 Å². The quantitative estimate of drug-likeness (QED) is 0.800. The van der Waals surface area contributed by atoms with Gasteiger partial charge in [0.25, 0.3) is 0 Å². The van der Waals surface area contributed by atoms with E-state index in [1.165, 1.54) is 19.4 Å². The first-order valence-corrected chi connectivity index (χ1v) is 8.43. The summed E-state index contributed by atoms with van der Waals surface area (Å²) in [6.07, 6.45) is 2.86. The summed E-state index contributed by atoms with van der Waals surface area (Å²) in [6.45, 7) is 11.9. The van der Waals surface area contributed by atoms with Crippen LogP contribution in [0, 0.1) is 12.8 Å². The van der Waals surface area contributed by atoms with Crippen LogP contribution in [0.15, 0.2) is 0 Å². The van der Waals surface area contributed by atoms with Gasteiger partial charge in [-0.1, -0.05) is 25.4 Å². The third-order valence-corrected chi connectivity index (χ3v) is 4.85. The molecule has 0 unspecified atom stereocenters. The van der Waals surface area contributed by atoms with Crippen LogP contribution in [0.5, 0.6) is 0 Å². The Morgan fingerprint density at radius 3 is 2.38 bits per heavy atom. The molecule has 1 aliphatic heterocycles. The molecule has 5 heteroatoms. The molecule has 1 aromatic rings. The smallest absolute Gasteiger partial charge is 0.137 e. The minimum absolute atomic E-state index is 0.304. The van der Waals surface area contributed by atoms with E-state index in [0.717, 1.165) is 49.3 Å². The minimum atomic E-state index is 0.304. The molecular weight excluding hydrogens is 284 g/mol. The lowest BCUT2D eigenvalue weighted by Crippen LogP contribution is -2.47. The summed E-state index contributed by atoms with van der Waals surface area (Å²) in [4.78, 5) is 14.1. The largest absolute Gasteiger partial charge is 0.354 e. The Bertz CT molecular complexity index is 505. The van der Waals surface area contributed by atoms with E-state index in [1.807, 2.05) is 6.92 Å². The molecule has 3 rings (SSSR count). The van der Waals surface area contributed by atoms with Gasteiger partial charge in [-0.25, -0.2) is 9.97 Å². The zero-order chi connectivity index (χ0) is 15.0. The maximum absolute atomic E-state index is 6.30. The first-order chi connectivity index (χ1) is 10.0. The fourth-order valence-electron chi connectivity index (χ4n) is 2.87. The molecule has 0 spiro atoms. The second-order valence-corrected chi connectivity index (χ2v) is 7.06. The number of aromatic nitrogens is 2. The van der Waals surface area contributed by atoms with Crippen LogP contribution in [0.3, 0.4) is 0 Å². The Labute approximate surface area is 132 Å². The van der Waals surface area contributed by atoms with Crippen LogP contribution in [0.4, 0.5) is 5.82 Å². The average molecular weight is 309 g/mol. The second kappa shape index (κ2) is 6.09. The molecule has 1 saturated carbocycles. The van der Waals surface area contributed by atoms with Gasteiger partial charge in [0, 0.05) is 44.2 Å². The van der Waals surface area contributed by atoms with Gasteiger partial charge in [0.05, 0.1) is 0 Å². The molecule has 4 nitrogen and oxygen atoms in total. The summed E-state index contributed by atoms with van der Waals surface area (Å²) >= 11 is 6.30. The van der Waals surface area contributed by atoms with Crippen molar-refractivity contribution in [2.75, 3.05) is 37.6 Å². The highest BCUT2D eigenvalue weighted by atomic mass is 35.5. The predicted octanol–water partition coefficient (Wildman–Crippen LogP) is 3.09. The third-order valence-electron chi connectivity index (χ3n) is 4.48. The molecule has 0 aromatic carbocycles. The van der Waals surface area contributed by atoms with Crippen molar-refractivity contribution in [1.29, 1.82) is 0 Å². The third kappa shape index (κ3) is 3.49. The minimum Gasteiger partial charge on any atom is -0.354 e. The van der Waals surface area contributed by atoms with Crippen molar-refractivity contribution in [2.24, 2.45) is 5.92 Å². The van der Waals surface area contributed by atoms with E-state index in [9.17, 15) is 0 Å². The fraction of sp³-hybridized carbons (Fsp3) is 0.750. The van der Waals surface area contributed by atoms with Gasteiger partial charge in [-0.2, -0.15) is 0 Å². The molecule has 1 aromatic heterocycles. The Morgan fingerprint density at radius 2 is 1.81 bits per heavy atom. The van der Waals surface area contributed by atoms with E-state index in [-0.39, 0.29) is 0 Å². The van der Waals surface area contributed by atoms with Gasteiger partial charge in [-0.3, -0.25) is 4.90 Å². The first-order valence-electron chi connectivity index (χ1n) is 8.06. The van der Waals surface area contributed by atoms with Crippen molar-refractivity contribution in [1.82, 2.24) is 14.9 Å². The molecule has 1 aliphatic carbocycles. The SMILES string of the molecule is Cc1c(Cl)nc(C(C)C)nc1N1CCN(CC2CC2)CC1. The molecule has 21 heavy (non-hydrogen) atoms. The number of hydrogen-bond acceptors (Lipinski definition) is 4. The van der Waals surface area contributed by atoms with Crippen LogP contribution in [0.2, 0.25) is 5.15 Å². The van der Waals surface area contributed by atoms with Crippen LogP contribution >= 0.6 is 11.6 Å². The van der Waals surface area contributed by atoms with Gasteiger partial charge >= 0.3 is 0 Å². The fourth-order valence-corrected chi connectivity index (χ4v) is 3.04. The van der Waals surface area contributed by atoms with Crippen LogP contribution in [0.25, 0.3) is 0 Å². The molecule has 0 bridgehead atoms. The highest BCUT2D eigenvalue weighted by molar-refractivity contribution is 6.30. The molecule has 2 aliphatic rings. The van der Waals surface area contributed by atoms with Crippen molar-refractivity contribution < 1.29 is 0 Å². The Morgan fingerprint density at radius 1 is 1.14 bits per heavy atom. The summed E-state index contributed by atoms with van der Waals surface area (Å²) in [5.74, 6) is 3.16. The highest BCUT2D eigenvalue weighted by Crippen LogP contribution is 2.31. The Balaban J connectivity index is 1.71. The van der Waals surface area contributed by atoms with E-state index in [4.69, 9.17) is 16.6 Å². The summed E-state index contributed by atoms with van der Waals surface area (Å²) in [7, 11) is 0. The van der Waals surface area contributed by atoms with E-state index in [0.29, 0.717) is 11.1 Å². The second-order valence-electron chi connectivity index (χ2n) is 6.71. The van der Waals surface area contributed by atoms with Crippen LogP contribution in [-0.2, 0) is 0 Å². The van der Waals surface area contributed by atoms with Crippen molar-refractivity contribution in [3.63, 3.8) is 0 Å². The number of rotatable bonds is 4. The number of halogens is 1. The highest BCUT2D eigenvalue weighted by Gasteiger charge is 2.27. The first kappa shape index (κ1) is 15.0. The van der Waals surface area contributed by atoms with E-state index < -0.39 is 0 Å². The molecule has 116 valence electrons. The standard InChI is InChI=1S/C16H25ClN4/c1-11(2)15-18-14(17)12(3)16(19-15)21-8-6-20(7-9-21)10-13-4-5-13/h11,13H,4-10H2,1-3H3. The topological polar surface area (TPSA) is 32.3 Å². The van der Waals surface area contributed by atoms with Gasteiger partial charge < -0.3 is 4.90 Å². The Kier molecular flexibility index (Phi) is 4.36. The van der Waals surface area contributed by atoms with Gasteiger partial charge in [-0.15, -0.1) is 0 Å². The predicted molar refractivity (Wildman–Crippen MR) is 87.2 cm³/mol. The lowest BCUT2D eigenvalue weighted by Gasteiger charge is -2.36. The van der Waals surface area contributed by atoms with Gasteiger partial charge in [0.1, 0.15) is 16.8 Å². The van der Waals surface area contributed by atoms with Crippen molar-refractivity contribution >= 4 is 17.4 Å². The summed E-state index contributed by atoms with van der Waals surface area (Å²) in [6, 6.07) is 0. The molecular formula is C16H25ClN4. The zero-order valence-electron chi connectivity index (χ0n) is 13.3. The molecule has 0 radical (unpaired) electrons. The normalized spacial score (nSPS) is 20.3. The van der Waals surface area contributed by atoms with Crippen molar-refractivity contribution in [2.45, 2.75) is 39.5 Å². The maximum atomic E-state index is 6.30. The number of nitrogens with zero attached hydrogens (tertiary/aromatic N) is 4. The molecule has 2 heterocycles. The Hall–Kier alpha value is -0.870. The molecule has 0 amide bonds. The summed E-state index contributed by atoms with van der Waals surface area (Å²) < 4.78 is 0. The van der Waals surface area contributed by atoms with E-state index in [1.54, 1.807) is 0 Å². The van der Waals surface area contributed by atoms with Crippen molar-refractivity contribution in [3.8, 4) is 0 Å².